The number of methoxy groups -OCH3 is 1. The van der Waals surface area contributed by atoms with Gasteiger partial charge in [0, 0.05) is 39.9 Å². The molecule has 1 aliphatic heterocycles. The van der Waals surface area contributed by atoms with Crippen molar-refractivity contribution < 1.29 is 4.74 Å². The van der Waals surface area contributed by atoms with E-state index in [1.54, 1.807) is 7.11 Å². The van der Waals surface area contributed by atoms with Crippen LogP contribution in [0.15, 0.2) is 0 Å². The van der Waals surface area contributed by atoms with E-state index in [1.165, 1.54) is 19.6 Å². The summed E-state index contributed by atoms with van der Waals surface area (Å²) in [5.41, 5.74) is 0.361. The van der Waals surface area contributed by atoms with Gasteiger partial charge in [-0.1, -0.05) is 20.8 Å². The molecule has 1 unspecified atom stereocenters. The summed E-state index contributed by atoms with van der Waals surface area (Å²) in [6, 6.07) is 0. The molecule has 3 nitrogen and oxygen atoms in total. The molecule has 0 aromatic rings. The minimum atomic E-state index is 0.361. The molecule has 1 heterocycles. The molecule has 0 saturated carbocycles. The molecule has 3 heteroatoms. The van der Waals surface area contributed by atoms with Crippen LogP contribution < -0.4 is 5.32 Å². The molecule has 1 saturated heterocycles. The molecule has 1 fully saturated rings. The Hall–Kier alpha value is -0.120. The Balaban J connectivity index is 2.38. The SMILES string of the molecule is COCCC(C)(C)CN1CCNCC(C)C1. The van der Waals surface area contributed by atoms with Crippen LogP contribution in [0.25, 0.3) is 0 Å². The number of hydrogen-bond acceptors (Lipinski definition) is 3. The zero-order valence-corrected chi connectivity index (χ0v) is 11.4. The third-order valence-corrected chi connectivity index (χ3v) is 3.30. The molecule has 0 bridgehead atoms. The Morgan fingerprint density at radius 2 is 2.19 bits per heavy atom. The highest BCUT2D eigenvalue weighted by molar-refractivity contribution is 4.78. The highest BCUT2D eigenvalue weighted by Gasteiger charge is 2.23. The van der Waals surface area contributed by atoms with Gasteiger partial charge in [-0.2, -0.15) is 0 Å². The first-order valence-electron chi connectivity index (χ1n) is 6.45. The minimum absolute atomic E-state index is 0.361. The summed E-state index contributed by atoms with van der Waals surface area (Å²) in [5, 5.41) is 3.49. The highest BCUT2D eigenvalue weighted by atomic mass is 16.5. The average molecular weight is 228 g/mol. The van der Waals surface area contributed by atoms with E-state index in [0.717, 1.165) is 32.0 Å². The largest absolute Gasteiger partial charge is 0.385 e. The number of nitrogens with zero attached hydrogens (tertiary/aromatic N) is 1. The van der Waals surface area contributed by atoms with Crippen molar-refractivity contribution in [3.8, 4) is 0 Å². The maximum absolute atomic E-state index is 5.18. The second-order valence-corrected chi connectivity index (χ2v) is 5.95. The minimum Gasteiger partial charge on any atom is -0.385 e. The number of rotatable bonds is 5. The summed E-state index contributed by atoms with van der Waals surface area (Å²) in [7, 11) is 1.79. The molecular weight excluding hydrogens is 200 g/mol. The van der Waals surface area contributed by atoms with Crippen LogP contribution in [0.2, 0.25) is 0 Å². The van der Waals surface area contributed by atoms with E-state index in [0.29, 0.717) is 5.41 Å². The van der Waals surface area contributed by atoms with Crippen molar-refractivity contribution in [2.45, 2.75) is 27.2 Å². The van der Waals surface area contributed by atoms with Crippen molar-refractivity contribution >= 4 is 0 Å². The van der Waals surface area contributed by atoms with Gasteiger partial charge in [0.05, 0.1) is 0 Å². The van der Waals surface area contributed by atoms with Gasteiger partial charge in [-0.25, -0.2) is 0 Å². The standard InChI is InChI=1S/C13H28N2O/c1-12-9-14-6-7-15(10-12)11-13(2,3)5-8-16-4/h12,14H,5-11H2,1-4H3. The van der Waals surface area contributed by atoms with Gasteiger partial charge >= 0.3 is 0 Å². The van der Waals surface area contributed by atoms with Gasteiger partial charge in [-0.05, 0) is 24.3 Å². The molecule has 0 aliphatic carbocycles. The summed E-state index contributed by atoms with van der Waals surface area (Å²) in [5.74, 6) is 0.765. The smallest absolute Gasteiger partial charge is 0.0467 e. The lowest BCUT2D eigenvalue weighted by atomic mass is 9.89. The van der Waals surface area contributed by atoms with Gasteiger partial charge in [0.25, 0.3) is 0 Å². The topological polar surface area (TPSA) is 24.5 Å². The molecule has 1 aliphatic rings. The monoisotopic (exact) mass is 228 g/mol. The van der Waals surface area contributed by atoms with Gasteiger partial charge < -0.3 is 15.0 Å². The summed E-state index contributed by atoms with van der Waals surface area (Å²) in [4.78, 5) is 2.60. The molecule has 0 amide bonds. The Morgan fingerprint density at radius 3 is 2.88 bits per heavy atom. The summed E-state index contributed by atoms with van der Waals surface area (Å²) in [6.07, 6.45) is 1.14. The van der Waals surface area contributed by atoms with Crippen LogP contribution in [0.4, 0.5) is 0 Å². The lowest BCUT2D eigenvalue weighted by Crippen LogP contribution is -2.38. The van der Waals surface area contributed by atoms with E-state index in [9.17, 15) is 0 Å². The lowest BCUT2D eigenvalue weighted by Gasteiger charge is -2.32. The molecule has 0 aromatic carbocycles. The zero-order valence-electron chi connectivity index (χ0n) is 11.4. The van der Waals surface area contributed by atoms with Gasteiger partial charge in [0.15, 0.2) is 0 Å². The predicted octanol–water partition coefficient (Wildman–Crippen LogP) is 1.59. The molecule has 1 atom stereocenters. The average Bonchev–Trinajstić information content (AvgIpc) is 2.39. The molecule has 16 heavy (non-hydrogen) atoms. The van der Waals surface area contributed by atoms with E-state index >= 15 is 0 Å². The van der Waals surface area contributed by atoms with Gasteiger partial charge in [-0.3, -0.25) is 0 Å². The quantitative estimate of drug-likeness (QED) is 0.773. The van der Waals surface area contributed by atoms with Crippen molar-refractivity contribution in [1.82, 2.24) is 10.2 Å². The number of ether oxygens (including phenoxy) is 1. The molecule has 0 spiro atoms. The van der Waals surface area contributed by atoms with Crippen LogP contribution in [-0.4, -0.2) is 51.3 Å². The third-order valence-electron chi connectivity index (χ3n) is 3.30. The first kappa shape index (κ1) is 13.9. The first-order valence-corrected chi connectivity index (χ1v) is 6.45. The lowest BCUT2D eigenvalue weighted by molar-refractivity contribution is 0.114. The van der Waals surface area contributed by atoms with Crippen molar-refractivity contribution in [2.24, 2.45) is 11.3 Å². The second-order valence-electron chi connectivity index (χ2n) is 5.95. The Kier molecular flexibility index (Phi) is 5.73. The van der Waals surface area contributed by atoms with E-state index in [2.05, 4.69) is 31.0 Å². The number of nitrogens with one attached hydrogen (secondary N) is 1. The van der Waals surface area contributed by atoms with E-state index in [1.807, 2.05) is 0 Å². The van der Waals surface area contributed by atoms with Crippen LogP contribution >= 0.6 is 0 Å². The normalized spacial score (nSPS) is 24.4. The van der Waals surface area contributed by atoms with Crippen LogP contribution in [0.5, 0.6) is 0 Å². The molecular formula is C13H28N2O. The van der Waals surface area contributed by atoms with Crippen molar-refractivity contribution in [3.63, 3.8) is 0 Å². The Morgan fingerprint density at radius 1 is 1.44 bits per heavy atom. The molecule has 1 rings (SSSR count). The fourth-order valence-corrected chi connectivity index (χ4v) is 2.39. The van der Waals surface area contributed by atoms with Gasteiger partial charge in [0.1, 0.15) is 0 Å². The molecule has 0 aromatic heterocycles. The van der Waals surface area contributed by atoms with Crippen molar-refractivity contribution in [3.05, 3.63) is 0 Å². The van der Waals surface area contributed by atoms with Crippen molar-refractivity contribution in [1.29, 1.82) is 0 Å². The summed E-state index contributed by atoms with van der Waals surface area (Å²) >= 11 is 0. The maximum atomic E-state index is 5.18. The fourth-order valence-electron chi connectivity index (χ4n) is 2.39. The van der Waals surface area contributed by atoms with E-state index < -0.39 is 0 Å². The fraction of sp³-hybridized carbons (Fsp3) is 1.00. The summed E-state index contributed by atoms with van der Waals surface area (Å²) < 4.78 is 5.18. The molecule has 0 radical (unpaired) electrons. The van der Waals surface area contributed by atoms with Gasteiger partial charge in [0.2, 0.25) is 0 Å². The predicted molar refractivity (Wildman–Crippen MR) is 68.7 cm³/mol. The molecule has 96 valence electrons. The third kappa shape index (κ3) is 5.28. The first-order chi connectivity index (χ1) is 7.53. The van der Waals surface area contributed by atoms with Crippen molar-refractivity contribution in [2.75, 3.05) is 46.4 Å². The van der Waals surface area contributed by atoms with Crippen LogP contribution in [-0.2, 0) is 4.74 Å². The van der Waals surface area contributed by atoms with Gasteiger partial charge in [-0.15, -0.1) is 0 Å². The van der Waals surface area contributed by atoms with E-state index in [-0.39, 0.29) is 0 Å². The Labute approximate surface area is 101 Å². The van der Waals surface area contributed by atoms with Crippen LogP contribution in [0.3, 0.4) is 0 Å². The Bertz CT molecular complexity index is 194. The maximum Gasteiger partial charge on any atom is 0.0467 e. The summed E-state index contributed by atoms with van der Waals surface area (Å²) in [6.45, 7) is 13.8. The highest BCUT2D eigenvalue weighted by Crippen LogP contribution is 2.22. The number of hydrogen-bond donors (Lipinski definition) is 1. The molecule has 1 N–H and O–H groups in total. The van der Waals surface area contributed by atoms with Crippen LogP contribution in [0, 0.1) is 11.3 Å². The van der Waals surface area contributed by atoms with Crippen LogP contribution in [0.1, 0.15) is 27.2 Å². The second kappa shape index (κ2) is 6.58. The van der Waals surface area contributed by atoms with E-state index in [4.69, 9.17) is 4.74 Å². The zero-order chi connectivity index (χ0) is 12.0.